The molecule has 2 aliphatic heterocycles. The molecule has 0 aromatic heterocycles. The number of nitro groups is 1. The molecule has 9 nitrogen and oxygen atoms in total. The number of rotatable bonds is 5. The van der Waals surface area contributed by atoms with E-state index in [9.17, 15) is 19.7 Å². The Hall–Kier alpha value is -2.68. The zero-order valence-electron chi connectivity index (χ0n) is 14.4. The van der Waals surface area contributed by atoms with E-state index in [-0.39, 0.29) is 23.8 Å². The van der Waals surface area contributed by atoms with Gasteiger partial charge in [0.25, 0.3) is 11.6 Å². The molecule has 0 bridgehead atoms. The summed E-state index contributed by atoms with van der Waals surface area (Å²) in [6.45, 7) is 3.03. The molecular formula is C17H21N3O6. The van der Waals surface area contributed by atoms with Crippen molar-refractivity contribution in [2.24, 2.45) is 0 Å². The highest BCUT2D eigenvalue weighted by atomic mass is 16.6. The van der Waals surface area contributed by atoms with E-state index in [2.05, 4.69) is 0 Å². The van der Waals surface area contributed by atoms with E-state index in [0.717, 1.165) is 25.9 Å². The van der Waals surface area contributed by atoms with Gasteiger partial charge in [0.1, 0.15) is 0 Å². The van der Waals surface area contributed by atoms with Crippen molar-refractivity contribution in [3.05, 3.63) is 33.9 Å². The summed E-state index contributed by atoms with van der Waals surface area (Å²) in [5.74, 6) is -1.02. The first-order chi connectivity index (χ1) is 12.6. The number of carbonyl (C=O) groups is 2. The molecule has 2 fully saturated rings. The van der Waals surface area contributed by atoms with Gasteiger partial charge in [-0.25, -0.2) is 4.79 Å². The van der Waals surface area contributed by atoms with Crippen molar-refractivity contribution in [3.8, 4) is 0 Å². The number of esters is 1. The summed E-state index contributed by atoms with van der Waals surface area (Å²) in [6.07, 6.45) is 2.00. The summed E-state index contributed by atoms with van der Waals surface area (Å²) in [7, 11) is 0. The standard InChI is InChI=1S/C17H21N3O6/c21-16(19-7-9-25-10-8-19)12-26-17(22)14-11-13(20(23)24)3-4-15(14)18-5-1-2-6-18/h3-4,11H,1-2,5-10,12H2. The first-order valence-corrected chi connectivity index (χ1v) is 8.62. The van der Waals surface area contributed by atoms with E-state index in [1.807, 2.05) is 4.90 Å². The van der Waals surface area contributed by atoms with Crippen molar-refractivity contribution in [2.75, 3.05) is 50.9 Å². The molecule has 2 saturated heterocycles. The average Bonchev–Trinajstić information content (AvgIpc) is 3.20. The smallest absolute Gasteiger partial charge is 0.341 e. The lowest BCUT2D eigenvalue weighted by atomic mass is 10.1. The lowest BCUT2D eigenvalue weighted by Crippen LogP contribution is -2.42. The van der Waals surface area contributed by atoms with Crippen molar-refractivity contribution in [3.63, 3.8) is 0 Å². The Bertz CT molecular complexity index is 696. The SMILES string of the molecule is O=C(OCC(=O)N1CCOCC1)c1cc([N+](=O)[O-])ccc1N1CCCC1. The largest absolute Gasteiger partial charge is 0.452 e. The van der Waals surface area contributed by atoms with E-state index in [1.54, 1.807) is 11.0 Å². The first kappa shape index (κ1) is 18.1. The summed E-state index contributed by atoms with van der Waals surface area (Å²) in [4.78, 5) is 38.7. The first-order valence-electron chi connectivity index (χ1n) is 8.62. The lowest BCUT2D eigenvalue weighted by Gasteiger charge is -2.26. The zero-order chi connectivity index (χ0) is 18.5. The van der Waals surface area contributed by atoms with Gasteiger partial charge in [-0.2, -0.15) is 0 Å². The van der Waals surface area contributed by atoms with Crippen LogP contribution >= 0.6 is 0 Å². The molecule has 3 rings (SSSR count). The predicted octanol–water partition coefficient (Wildman–Crippen LogP) is 1.21. The lowest BCUT2D eigenvalue weighted by molar-refractivity contribution is -0.384. The van der Waals surface area contributed by atoms with Crippen molar-refractivity contribution in [1.82, 2.24) is 4.90 Å². The van der Waals surface area contributed by atoms with Crippen LogP contribution in [0.1, 0.15) is 23.2 Å². The van der Waals surface area contributed by atoms with E-state index in [4.69, 9.17) is 9.47 Å². The Morgan fingerprint density at radius 3 is 2.50 bits per heavy atom. The molecule has 0 spiro atoms. The van der Waals surface area contributed by atoms with Crippen LogP contribution in [0, 0.1) is 10.1 Å². The van der Waals surface area contributed by atoms with Crippen LogP contribution in [-0.2, 0) is 14.3 Å². The fourth-order valence-electron chi connectivity index (χ4n) is 3.14. The number of nitrogens with zero attached hydrogens (tertiary/aromatic N) is 3. The number of morpholine rings is 1. The molecule has 0 N–H and O–H groups in total. The maximum Gasteiger partial charge on any atom is 0.341 e. The molecule has 0 unspecified atom stereocenters. The van der Waals surface area contributed by atoms with Crippen LogP contribution < -0.4 is 4.90 Å². The molecule has 0 radical (unpaired) electrons. The van der Waals surface area contributed by atoms with Crippen LogP contribution in [0.2, 0.25) is 0 Å². The maximum absolute atomic E-state index is 12.5. The topological polar surface area (TPSA) is 102 Å². The van der Waals surface area contributed by atoms with Gasteiger partial charge in [0, 0.05) is 38.3 Å². The summed E-state index contributed by atoms with van der Waals surface area (Å²) < 4.78 is 10.3. The minimum absolute atomic E-state index is 0.121. The summed E-state index contributed by atoms with van der Waals surface area (Å²) in [5.41, 5.74) is 0.548. The number of benzene rings is 1. The molecule has 0 aliphatic carbocycles. The van der Waals surface area contributed by atoms with Gasteiger partial charge in [0.15, 0.2) is 6.61 Å². The van der Waals surface area contributed by atoms with Crippen LogP contribution in [0.4, 0.5) is 11.4 Å². The highest BCUT2D eigenvalue weighted by Crippen LogP contribution is 2.29. The minimum atomic E-state index is -0.725. The van der Waals surface area contributed by atoms with Crippen LogP contribution in [-0.4, -0.2) is 67.7 Å². The van der Waals surface area contributed by atoms with E-state index in [1.165, 1.54) is 12.1 Å². The van der Waals surface area contributed by atoms with Gasteiger partial charge in [0.2, 0.25) is 0 Å². The highest BCUT2D eigenvalue weighted by Gasteiger charge is 2.25. The van der Waals surface area contributed by atoms with Crippen molar-refractivity contribution >= 4 is 23.3 Å². The van der Waals surface area contributed by atoms with Crippen molar-refractivity contribution in [1.29, 1.82) is 0 Å². The number of non-ortho nitro benzene ring substituents is 1. The van der Waals surface area contributed by atoms with Crippen LogP contribution in [0.15, 0.2) is 18.2 Å². The van der Waals surface area contributed by atoms with E-state index in [0.29, 0.717) is 32.0 Å². The second kappa shape index (κ2) is 8.13. The molecule has 2 aliphatic rings. The van der Waals surface area contributed by atoms with Crippen molar-refractivity contribution < 1.29 is 24.0 Å². The average molecular weight is 363 g/mol. The highest BCUT2D eigenvalue weighted by molar-refractivity contribution is 5.97. The van der Waals surface area contributed by atoms with E-state index >= 15 is 0 Å². The molecular weight excluding hydrogens is 342 g/mol. The third-order valence-corrected chi connectivity index (χ3v) is 4.55. The third kappa shape index (κ3) is 4.10. The Labute approximate surface area is 150 Å². The third-order valence-electron chi connectivity index (χ3n) is 4.55. The number of hydrogen-bond donors (Lipinski definition) is 0. The van der Waals surface area contributed by atoms with E-state index < -0.39 is 10.9 Å². The Balaban J connectivity index is 1.72. The number of anilines is 1. The van der Waals surface area contributed by atoms with Gasteiger partial charge in [-0.3, -0.25) is 14.9 Å². The number of hydrogen-bond acceptors (Lipinski definition) is 7. The number of nitro benzene ring substituents is 1. The number of ether oxygens (including phenoxy) is 2. The van der Waals surface area contributed by atoms with Gasteiger partial charge in [-0.15, -0.1) is 0 Å². The Morgan fingerprint density at radius 1 is 1.15 bits per heavy atom. The number of amides is 1. The molecule has 2 heterocycles. The molecule has 0 saturated carbocycles. The molecule has 0 atom stereocenters. The van der Waals surface area contributed by atoms with Gasteiger partial charge >= 0.3 is 5.97 Å². The Morgan fingerprint density at radius 2 is 1.85 bits per heavy atom. The monoisotopic (exact) mass is 363 g/mol. The molecule has 9 heteroatoms. The van der Waals surface area contributed by atoms with Crippen LogP contribution in [0.5, 0.6) is 0 Å². The normalized spacial score (nSPS) is 17.2. The second-order valence-electron chi connectivity index (χ2n) is 6.22. The number of carbonyl (C=O) groups excluding carboxylic acids is 2. The molecule has 1 aromatic rings. The zero-order valence-corrected chi connectivity index (χ0v) is 14.4. The minimum Gasteiger partial charge on any atom is -0.452 e. The van der Waals surface area contributed by atoms with Crippen LogP contribution in [0.3, 0.4) is 0 Å². The van der Waals surface area contributed by atoms with Gasteiger partial charge in [-0.05, 0) is 18.9 Å². The van der Waals surface area contributed by atoms with Gasteiger partial charge in [0.05, 0.1) is 29.4 Å². The molecule has 26 heavy (non-hydrogen) atoms. The van der Waals surface area contributed by atoms with Crippen LogP contribution in [0.25, 0.3) is 0 Å². The Kier molecular flexibility index (Phi) is 5.67. The summed E-state index contributed by atoms with van der Waals surface area (Å²) in [6, 6.07) is 4.17. The fraction of sp³-hybridized carbons (Fsp3) is 0.529. The van der Waals surface area contributed by atoms with Gasteiger partial charge in [-0.1, -0.05) is 0 Å². The molecule has 140 valence electrons. The maximum atomic E-state index is 12.5. The summed E-state index contributed by atoms with van der Waals surface area (Å²) >= 11 is 0. The van der Waals surface area contributed by atoms with Crippen molar-refractivity contribution in [2.45, 2.75) is 12.8 Å². The molecule has 1 amide bonds. The quantitative estimate of drug-likeness (QED) is 0.440. The second-order valence-corrected chi connectivity index (χ2v) is 6.22. The molecule has 1 aromatic carbocycles. The van der Waals surface area contributed by atoms with Gasteiger partial charge < -0.3 is 19.3 Å². The predicted molar refractivity (Wildman–Crippen MR) is 92.2 cm³/mol. The fourth-order valence-corrected chi connectivity index (χ4v) is 3.14. The summed E-state index contributed by atoms with van der Waals surface area (Å²) in [5, 5.41) is 11.0.